The topological polar surface area (TPSA) is 138 Å². The van der Waals surface area contributed by atoms with Gasteiger partial charge in [-0.2, -0.15) is 0 Å². The van der Waals surface area contributed by atoms with Gasteiger partial charge in [0.05, 0.1) is 36.8 Å². The van der Waals surface area contributed by atoms with Crippen LogP contribution < -0.4 is 19.5 Å². The monoisotopic (exact) mass is 596 g/mol. The SMILES string of the molecule is COc1ccc(S(=O)(=O)Nc2ccc3c(c2)C(=O)N([C@@H](C)CO)C[C@@H](C)[C@H](CN(C)C(=O)Nc2ccccc2)O3)cc1. The minimum Gasteiger partial charge on any atom is -0.497 e. The summed E-state index contributed by atoms with van der Waals surface area (Å²) in [7, 11) is -0.821. The second-order valence-corrected chi connectivity index (χ2v) is 12.0. The Bertz CT molecular complexity index is 1500. The quantitative estimate of drug-likeness (QED) is 0.341. The lowest BCUT2D eigenvalue weighted by atomic mass is 9.99. The van der Waals surface area contributed by atoms with Crippen molar-refractivity contribution in [2.45, 2.75) is 30.9 Å². The van der Waals surface area contributed by atoms with Crippen LogP contribution in [0, 0.1) is 5.92 Å². The highest BCUT2D eigenvalue weighted by atomic mass is 32.2. The molecule has 1 heterocycles. The lowest BCUT2D eigenvalue weighted by molar-refractivity contribution is 0.0371. The smallest absolute Gasteiger partial charge is 0.321 e. The van der Waals surface area contributed by atoms with Gasteiger partial charge in [-0.1, -0.05) is 25.1 Å². The molecule has 0 radical (unpaired) electrons. The summed E-state index contributed by atoms with van der Waals surface area (Å²) in [5.74, 6) is 0.146. The predicted octanol–water partition coefficient (Wildman–Crippen LogP) is 3.88. The summed E-state index contributed by atoms with van der Waals surface area (Å²) in [5.41, 5.74) is 0.964. The standard InChI is InChI=1S/C30H36N4O7S/c1-20-17-34(21(2)19-35)29(36)26-16-23(32-42(38,39)25-13-11-24(40-4)12-14-25)10-15-27(26)41-28(20)18-33(3)30(37)31-22-8-6-5-7-9-22/h5-16,20-21,28,32,35H,17-19H2,1-4H3,(H,31,37)/t20-,21+,28+/m1/s1. The molecular formula is C30H36N4O7S. The number of benzene rings is 3. The molecule has 0 fully saturated rings. The maximum absolute atomic E-state index is 13.7. The Kier molecular flexibility index (Phi) is 9.59. The molecule has 4 rings (SSSR count). The molecule has 1 aliphatic rings. The summed E-state index contributed by atoms with van der Waals surface area (Å²) in [6.07, 6.45) is -0.515. The first-order chi connectivity index (χ1) is 20.0. The molecule has 1 aliphatic heterocycles. The largest absolute Gasteiger partial charge is 0.497 e. The van der Waals surface area contributed by atoms with Crippen LogP contribution in [0.5, 0.6) is 11.5 Å². The number of methoxy groups -OCH3 is 1. The number of aliphatic hydroxyl groups is 1. The fraction of sp³-hybridized carbons (Fsp3) is 0.333. The van der Waals surface area contributed by atoms with Crippen molar-refractivity contribution in [3.63, 3.8) is 0 Å². The molecule has 12 heteroatoms. The Morgan fingerprint density at radius 3 is 2.45 bits per heavy atom. The summed E-state index contributed by atoms with van der Waals surface area (Å²) in [6.45, 7) is 3.85. The molecule has 0 saturated heterocycles. The van der Waals surface area contributed by atoms with Crippen molar-refractivity contribution in [1.29, 1.82) is 0 Å². The maximum Gasteiger partial charge on any atom is 0.321 e. The summed E-state index contributed by atoms with van der Waals surface area (Å²) >= 11 is 0. The maximum atomic E-state index is 13.7. The molecule has 3 aromatic rings. The predicted molar refractivity (Wildman–Crippen MR) is 159 cm³/mol. The van der Waals surface area contributed by atoms with Crippen molar-refractivity contribution in [3.05, 3.63) is 78.4 Å². The number of amides is 3. The zero-order chi connectivity index (χ0) is 30.4. The van der Waals surface area contributed by atoms with Gasteiger partial charge in [0.15, 0.2) is 0 Å². The molecule has 3 amide bonds. The highest BCUT2D eigenvalue weighted by Crippen LogP contribution is 2.31. The number of hydrogen-bond donors (Lipinski definition) is 3. The summed E-state index contributed by atoms with van der Waals surface area (Å²) < 4.78 is 40.0. The molecular weight excluding hydrogens is 560 g/mol. The number of carbonyl (C=O) groups excluding carboxylic acids is 2. The molecule has 42 heavy (non-hydrogen) atoms. The van der Waals surface area contributed by atoms with Crippen LogP contribution >= 0.6 is 0 Å². The van der Waals surface area contributed by atoms with Crippen molar-refractivity contribution < 1.29 is 32.6 Å². The second kappa shape index (κ2) is 13.1. The summed E-state index contributed by atoms with van der Waals surface area (Å²) in [6, 6.07) is 18.7. The molecule has 3 aromatic carbocycles. The third-order valence-corrected chi connectivity index (χ3v) is 8.51. The zero-order valence-electron chi connectivity index (χ0n) is 24.0. The van der Waals surface area contributed by atoms with E-state index >= 15 is 0 Å². The van der Waals surface area contributed by atoms with Crippen LogP contribution in [0.2, 0.25) is 0 Å². The number of nitrogens with zero attached hydrogens (tertiary/aromatic N) is 2. The van der Waals surface area contributed by atoms with E-state index in [2.05, 4.69) is 10.0 Å². The number of carbonyl (C=O) groups is 2. The zero-order valence-corrected chi connectivity index (χ0v) is 24.8. The van der Waals surface area contributed by atoms with Crippen molar-refractivity contribution in [2.24, 2.45) is 5.92 Å². The first kappa shape index (κ1) is 30.7. The van der Waals surface area contributed by atoms with Crippen LogP contribution in [0.4, 0.5) is 16.2 Å². The molecule has 0 unspecified atom stereocenters. The van der Waals surface area contributed by atoms with E-state index < -0.39 is 28.1 Å². The molecule has 0 spiro atoms. The van der Waals surface area contributed by atoms with E-state index in [1.54, 1.807) is 43.1 Å². The van der Waals surface area contributed by atoms with E-state index in [1.165, 1.54) is 42.3 Å². The third kappa shape index (κ3) is 7.12. The average molecular weight is 597 g/mol. The minimum atomic E-state index is -3.97. The normalized spacial score (nSPS) is 17.6. The Labute approximate surface area is 246 Å². The Hall–Kier alpha value is -4.29. The number of nitrogens with one attached hydrogen (secondary N) is 2. The van der Waals surface area contributed by atoms with E-state index in [9.17, 15) is 23.1 Å². The number of aliphatic hydroxyl groups excluding tert-OH is 1. The van der Waals surface area contributed by atoms with Gasteiger partial charge >= 0.3 is 6.03 Å². The van der Waals surface area contributed by atoms with Gasteiger partial charge in [-0.05, 0) is 61.5 Å². The van der Waals surface area contributed by atoms with Crippen LogP contribution in [0.1, 0.15) is 24.2 Å². The lowest BCUT2D eigenvalue weighted by Gasteiger charge is -2.38. The summed E-state index contributed by atoms with van der Waals surface area (Å²) in [4.78, 5) is 29.7. The van der Waals surface area contributed by atoms with E-state index in [4.69, 9.17) is 9.47 Å². The Balaban J connectivity index is 1.61. The molecule has 3 atom stereocenters. The van der Waals surface area contributed by atoms with Gasteiger partial charge in [0.1, 0.15) is 17.6 Å². The van der Waals surface area contributed by atoms with Gasteiger partial charge in [0, 0.05) is 30.9 Å². The molecule has 0 saturated carbocycles. The number of sulfonamides is 1. The van der Waals surface area contributed by atoms with E-state index in [0.717, 1.165) is 0 Å². The van der Waals surface area contributed by atoms with Gasteiger partial charge in [-0.25, -0.2) is 13.2 Å². The van der Waals surface area contributed by atoms with Gasteiger partial charge < -0.3 is 29.7 Å². The highest BCUT2D eigenvalue weighted by Gasteiger charge is 2.34. The number of para-hydroxylation sites is 1. The molecule has 224 valence electrons. The van der Waals surface area contributed by atoms with Crippen molar-refractivity contribution in [2.75, 3.05) is 43.9 Å². The number of anilines is 2. The number of rotatable bonds is 9. The third-order valence-electron chi connectivity index (χ3n) is 7.11. The Morgan fingerprint density at radius 1 is 1.12 bits per heavy atom. The van der Waals surface area contributed by atoms with E-state index in [1.807, 2.05) is 25.1 Å². The average Bonchev–Trinajstić information content (AvgIpc) is 2.99. The van der Waals surface area contributed by atoms with Crippen LogP contribution in [0.15, 0.2) is 77.7 Å². The molecule has 0 aromatic heterocycles. The van der Waals surface area contributed by atoms with Gasteiger partial charge in [0.2, 0.25) is 0 Å². The summed E-state index contributed by atoms with van der Waals surface area (Å²) in [5, 5.41) is 12.8. The Morgan fingerprint density at radius 2 is 1.81 bits per heavy atom. The number of fused-ring (bicyclic) bond motifs is 1. The van der Waals surface area contributed by atoms with Crippen molar-refractivity contribution >= 4 is 33.3 Å². The number of ether oxygens (including phenoxy) is 2. The van der Waals surface area contributed by atoms with E-state index in [-0.39, 0.29) is 53.5 Å². The second-order valence-electron chi connectivity index (χ2n) is 10.3. The van der Waals surface area contributed by atoms with Crippen LogP contribution in [-0.2, 0) is 10.0 Å². The minimum absolute atomic E-state index is 0.0267. The first-order valence-corrected chi connectivity index (χ1v) is 15.0. The van der Waals surface area contributed by atoms with Crippen LogP contribution in [0.3, 0.4) is 0 Å². The molecule has 11 nitrogen and oxygen atoms in total. The van der Waals surface area contributed by atoms with Crippen LogP contribution in [-0.4, -0.2) is 81.3 Å². The number of hydrogen-bond acceptors (Lipinski definition) is 7. The van der Waals surface area contributed by atoms with Gasteiger partial charge in [-0.15, -0.1) is 0 Å². The van der Waals surface area contributed by atoms with Crippen LogP contribution in [0.25, 0.3) is 0 Å². The molecule has 3 N–H and O–H groups in total. The van der Waals surface area contributed by atoms with Gasteiger partial charge in [-0.3, -0.25) is 9.52 Å². The van der Waals surface area contributed by atoms with E-state index in [0.29, 0.717) is 11.4 Å². The van der Waals surface area contributed by atoms with Gasteiger partial charge in [0.25, 0.3) is 15.9 Å². The lowest BCUT2D eigenvalue weighted by Crippen LogP contribution is -2.50. The molecule has 0 bridgehead atoms. The molecule has 0 aliphatic carbocycles. The van der Waals surface area contributed by atoms with Crippen molar-refractivity contribution in [3.8, 4) is 11.5 Å². The number of urea groups is 1. The first-order valence-electron chi connectivity index (χ1n) is 13.5. The fourth-order valence-corrected chi connectivity index (χ4v) is 5.62. The number of likely N-dealkylation sites (N-methyl/N-ethyl adjacent to an activating group) is 1. The highest BCUT2D eigenvalue weighted by molar-refractivity contribution is 7.92. The van der Waals surface area contributed by atoms with Crippen molar-refractivity contribution in [1.82, 2.24) is 9.80 Å². The fourth-order valence-electron chi connectivity index (χ4n) is 4.57.